The molecule has 0 bridgehead atoms. The fourth-order valence-corrected chi connectivity index (χ4v) is 4.25. The highest BCUT2D eigenvalue weighted by molar-refractivity contribution is 6.07. The maximum absolute atomic E-state index is 12.9. The number of esters is 1. The van der Waals surface area contributed by atoms with Crippen molar-refractivity contribution < 1.29 is 19.4 Å². The van der Waals surface area contributed by atoms with Crippen LogP contribution >= 0.6 is 0 Å². The Labute approximate surface area is 176 Å². The van der Waals surface area contributed by atoms with Gasteiger partial charge in [0, 0.05) is 23.5 Å². The number of aliphatic hydroxyl groups is 1. The van der Waals surface area contributed by atoms with E-state index in [1.807, 2.05) is 18.5 Å². The van der Waals surface area contributed by atoms with Crippen LogP contribution in [-0.4, -0.2) is 37.6 Å². The number of carbonyl (C=O) groups is 2. The first-order chi connectivity index (χ1) is 14.1. The van der Waals surface area contributed by atoms with Gasteiger partial charge in [0.1, 0.15) is 11.3 Å². The molecule has 0 aromatic carbocycles. The zero-order chi connectivity index (χ0) is 21.7. The average molecular weight is 408 g/mol. The number of allylic oxidation sites excluding steroid dienone is 2. The highest BCUT2D eigenvalue weighted by Crippen LogP contribution is 2.35. The van der Waals surface area contributed by atoms with Gasteiger partial charge in [-0.1, -0.05) is 13.0 Å². The normalized spacial score (nSPS) is 17.9. The molecule has 0 amide bonds. The standard InChI is InChI=1S/C24H28N2O4/c1-5-24(29,13-20(28)30-23(2,3)4)17-11-15-10-16-14-26-9-7-6-8-18(26)21(16)25-22(15)19(27)12-17/h7,9-10,12,14,29H,5-6,8,11,13H2,1-4H3. The smallest absolute Gasteiger partial charge is 0.309 e. The minimum atomic E-state index is -1.42. The highest BCUT2D eigenvalue weighted by Gasteiger charge is 2.37. The van der Waals surface area contributed by atoms with Crippen LogP contribution in [0.1, 0.15) is 68.7 Å². The summed E-state index contributed by atoms with van der Waals surface area (Å²) in [6, 6.07) is 1.99. The molecular formula is C24H28N2O4. The quantitative estimate of drug-likeness (QED) is 0.774. The molecule has 2 aromatic heterocycles. The predicted octanol–water partition coefficient (Wildman–Crippen LogP) is 3.99. The Morgan fingerprint density at radius 3 is 2.80 bits per heavy atom. The molecule has 4 rings (SSSR count). The van der Waals surface area contributed by atoms with Crippen LogP contribution in [0.2, 0.25) is 0 Å². The summed E-state index contributed by atoms with van der Waals surface area (Å²) in [5, 5.41) is 12.2. The highest BCUT2D eigenvalue weighted by atomic mass is 16.6. The largest absolute Gasteiger partial charge is 0.460 e. The van der Waals surface area contributed by atoms with E-state index in [2.05, 4.69) is 10.6 Å². The van der Waals surface area contributed by atoms with Crippen molar-refractivity contribution in [3.05, 3.63) is 46.9 Å². The Morgan fingerprint density at radius 1 is 1.33 bits per heavy atom. The number of fused-ring (bicyclic) bond motifs is 4. The van der Waals surface area contributed by atoms with Crippen LogP contribution in [0.4, 0.5) is 0 Å². The van der Waals surface area contributed by atoms with Crippen LogP contribution < -0.4 is 0 Å². The topological polar surface area (TPSA) is 81.4 Å². The van der Waals surface area contributed by atoms with Crippen LogP contribution in [0.25, 0.3) is 17.1 Å². The van der Waals surface area contributed by atoms with Gasteiger partial charge < -0.3 is 14.4 Å². The lowest BCUT2D eigenvalue weighted by Gasteiger charge is -2.32. The van der Waals surface area contributed by atoms with Crippen molar-refractivity contribution >= 4 is 28.9 Å². The molecule has 3 heterocycles. The molecule has 0 radical (unpaired) electrons. The fraction of sp³-hybridized carbons (Fsp3) is 0.458. The average Bonchev–Trinajstić information content (AvgIpc) is 3.02. The summed E-state index contributed by atoms with van der Waals surface area (Å²) in [5.41, 5.74) is 1.69. The van der Waals surface area contributed by atoms with Crippen molar-refractivity contribution in [2.75, 3.05) is 0 Å². The van der Waals surface area contributed by atoms with Gasteiger partial charge in [-0.25, -0.2) is 4.98 Å². The number of ether oxygens (including phenoxy) is 1. The lowest BCUT2D eigenvalue weighted by atomic mass is 9.80. The number of aryl methyl sites for hydroxylation is 1. The van der Waals surface area contributed by atoms with Gasteiger partial charge in [-0.15, -0.1) is 0 Å². The molecule has 0 saturated carbocycles. The molecule has 0 fully saturated rings. The zero-order valence-electron chi connectivity index (χ0n) is 18.0. The summed E-state index contributed by atoms with van der Waals surface area (Å²) in [5.74, 6) is -0.706. The van der Waals surface area contributed by atoms with Gasteiger partial charge in [0.25, 0.3) is 0 Å². The third-order valence-electron chi connectivity index (χ3n) is 5.77. The monoisotopic (exact) mass is 408 g/mol. The molecule has 158 valence electrons. The molecule has 1 aliphatic carbocycles. The molecule has 0 saturated heterocycles. The van der Waals surface area contributed by atoms with Gasteiger partial charge in [-0.3, -0.25) is 9.59 Å². The number of pyridine rings is 1. The van der Waals surface area contributed by atoms with Gasteiger partial charge in [-0.05, 0) is 69.7 Å². The Morgan fingerprint density at radius 2 is 2.10 bits per heavy atom. The molecule has 0 spiro atoms. The molecular weight excluding hydrogens is 380 g/mol. The number of rotatable bonds is 4. The second kappa shape index (κ2) is 7.20. The van der Waals surface area contributed by atoms with Gasteiger partial charge in [0.05, 0.1) is 17.5 Å². The van der Waals surface area contributed by atoms with Gasteiger partial charge >= 0.3 is 5.97 Å². The van der Waals surface area contributed by atoms with Crippen molar-refractivity contribution in [3.8, 4) is 0 Å². The van der Waals surface area contributed by atoms with E-state index < -0.39 is 17.2 Å². The number of carbonyl (C=O) groups excluding carboxylic acids is 2. The summed E-state index contributed by atoms with van der Waals surface area (Å²) in [6.07, 6.45) is 10.00. The van der Waals surface area contributed by atoms with Gasteiger partial charge in [0.2, 0.25) is 5.78 Å². The van der Waals surface area contributed by atoms with E-state index in [4.69, 9.17) is 9.72 Å². The molecule has 2 aliphatic rings. The van der Waals surface area contributed by atoms with E-state index in [-0.39, 0.29) is 12.2 Å². The molecule has 1 N–H and O–H groups in total. The molecule has 6 nitrogen and oxygen atoms in total. The van der Waals surface area contributed by atoms with Crippen molar-refractivity contribution in [1.29, 1.82) is 0 Å². The van der Waals surface area contributed by atoms with E-state index in [1.54, 1.807) is 27.7 Å². The summed E-state index contributed by atoms with van der Waals surface area (Å²) >= 11 is 0. The molecule has 1 aliphatic heterocycles. The lowest BCUT2D eigenvalue weighted by Crippen LogP contribution is -2.38. The van der Waals surface area contributed by atoms with E-state index in [9.17, 15) is 14.7 Å². The Balaban J connectivity index is 1.67. The Bertz CT molecular complexity index is 1100. The molecule has 30 heavy (non-hydrogen) atoms. The Kier molecular flexibility index (Phi) is 4.93. The van der Waals surface area contributed by atoms with E-state index in [0.29, 0.717) is 24.1 Å². The van der Waals surface area contributed by atoms with Gasteiger partial charge in [0.15, 0.2) is 0 Å². The van der Waals surface area contributed by atoms with Crippen molar-refractivity contribution in [1.82, 2.24) is 9.55 Å². The minimum Gasteiger partial charge on any atom is -0.460 e. The first kappa shape index (κ1) is 20.5. The summed E-state index contributed by atoms with van der Waals surface area (Å²) in [6.45, 7) is 7.18. The third-order valence-corrected chi connectivity index (χ3v) is 5.77. The molecule has 1 unspecified atom stereocenters. The fourth-order valence-electron chi connectivity index (χ4n) is 4.25. The van der Waals surface area contributed by atoms with Crippen LogP contribution in [0, 0.1) is 0 Å². The van der Waals surface area contributed by atoms with Crippen LogP contribution in [-0.2, 0) is 22.4 Å². The summed E-state index contributed by atoms with van der Waals surface area (Å²) in [4.78, 5) is 30.0. The minimum absolute atomic E-state index is 0.184. The molecule has 2 aromatic rings. The van der Waals surface area contributed by atoms with Crippen molar-refractivity contribution in [3.63, 3.8) is 0 Å². The number of ketones is 1. The van der Waals surface area contributed by atoms with E-state index in [1.165, 1.54) is 6.08 Å². The predicted molar refractivity (Wildman–Crippen MR) is 115 cm³/mol. The lowest BCUT2D eigenvalue weighted by molar-refractivity contribution is -0.159. The number of nitrogens with zero attached hydrogens (tertiary/aromatic N) is 2. The number of hydrogen-bond donors (Lipinski definition) is 1. The van der Waals surface area contributed by atoms with E-state index in [0.717, 1.165) is 35.0 Å². The third kappa shape index (κ3) is 3.72. The van der Waals surface area contributed by atoms with Crippen LogP contribution in [0.15, 0.2) is 30.0 Å². The number of aromatic nitrogens is 2. The number of hydrogen-bond acceptors (Lipinski definition) is 5. The maximum atomic E-state index is 12.9. The first-order valence-corrected chi connectivity index (χ1v) is 10.5. The van der Waals surface area contributed by atoms with Crippen LogP contribution in [0.5, 0.6) is 0 Å². The molecule has 6 heteroatoms. The summed E-state index contributed by atoms with van der Waals surface area (Å²) in [7, 11) is 0. The maximum Gasteiger partial charge on any atom is 0.309 e. The van der Waals surface area contributed by atoms with Crippen molar-refractivity contribution in [2.45, 2.75) is 71.0 Å². The van der Waals surface area contributed by atoms with E-state index >= 15 is 0 Å². The molecule has 1 atom stereocenters. The van der Waals surface area contributed by atoms with Gasteiger partial charge in [-0.2, -0.15) is 0 Å². The zero-order valence-corrected chi connectivity index (χ0v) is 18.0. The second-order valence-electron chi connectivity index (χ2n) is 9.20. The Hall–Kier alpha value is -2.73. The van der Waals surface area contributed by atoms with Crippen molar-refractivity contribution in [2.24, 2.45) is 0 Å². The summed E-state index contributed by atoms with van der Waals surface area (Å²) < 4.78 is 7.46. The SMILES string of the molecule is CCC(O)(CC(=O)OC(C)(C)C)C1=CC(=O)c2nc3c4n(cc3cc2C1)C=CCC4. The second-order valence-corrected chi connectivity index (χ2v) is 9.20. The first-order valence-electron chi connectivity index (χ1n) is 10.5. The van der Waals surface area contributed by atoms with Crippen LogP contribution in [0.3, 0.4) is 0 Å².